The number of rotatable bonds is 5. The minimum absolute atomic E-state index is 0.323. The number of fused-ring (bicyclic) bond motifs is 2. The standard InChI is InChI=1S/C30H22N2O3/c1-20-13-15-23(16-14-20)29(33)32-31-19-27-25-11-5-3-8-22(25)17-18-28(27)35-30(34)26-12-6-9-21-7-2-4-10-24(21)26/h2-19H,1H3,(H,32,33)/b31-19-. The monoisotopic (exact) mass is 458 g/mol. The molecule has 5 heteroatoms. The van der Waals surface area contributed by atoms with Crippen molar-refractivity contribution in [1.29, 1.82) is 0 Å². The number of carbonyl (C=O) groups excluding carboxylic acids is 2. The Bertz CT molecular complexity index is 1580. The fraction of sp³-hybridized carbons (Fsp3) is 0.0333. The van der Waals surface area contributed by atoms with Crippen LogP contribution in [0.5, 0.6) is 5.75 Å². The quantitative estimate of drug-likeness (QED) is 0.146. The fourth-order valence-corrected chi connectivity index (χ4v) is 3.98. The molecular formula is C30H22N2O3. The van der Waals surface area contributed by atoms with Crippen LogP contribution in [0.15, 0.2) is 108 Å². The summed E-state index contributed by atoms with van der Waals surface area (Å²) in [4.78, 5) is 25.6. The first-order valence-electron chi connectivity index (χ1n) is 11.2. The van der Waals surface area contributed by atoms with Crippen LogP contribution in [0.25, 0.3) is 21.5 Å². The van der Waals surface area contributed by atoms with Crippen LogP contribution in [0.1, 0.15) is 31.8 Å². The van der Waals surface area contributed by atoms with Crippen molar-refractivity contribution in [3.8, 4) is 5.75 Å². The van der Waals surface area contributed by atoms with Gasteiger partial charge in [0.2, 0.25) is 0 Å². The van der Waals surface area contributed by atoms with E-state index in [0.717, 1.165) is 27.1 Å². The molecule has 0 aromatic heterocycles. The van der Waals surface area contributed by atoms with E-state index in [1.807, 2.05) is 85.8 Å². The van der Waals surface area contributed by atoms with E-state index in [4.69, 9.17) is 4.74 Å². The predicted octanol–water partition coefficient (Wildman–Crippen LogP) is 6.28. The molecule has 0 saturated heterocycles. The Labute approximate surface area is 202 Å². The van der Waals surface area contributed by atoms with E-state index < -0.39 is 5.97 Å². The summed E-state index contributed by atoms with van der Waals surface area (Å²) in [6, 6.07) is 31.8. The summed E-state index contributed by atoms with van der Waals surface area (Å²) in [7, 11) is 0. The first-order chi connectivity index (χ1) is 17.1. The molecule has 5 aromatic carbocycles. The van der Waals surface area contributed by atoms with Gasteiger partial charge in [-0.15, -0.1) is 0 Å². The number of carbonyl (C=O) groups is 2. The molecule has 170 valence electrons. The minimum Gasteiger partial charge on any atom is -0.422 e. The van der Waals surface area contributed by atoms with Crippen LogP contribution in [0, 0.1) is 6.92 Å². The molecular weight excluding hydrogens is 436 g/mol. The molecule has 0 heterocycles. The number of hydrogen-bond acceptors (Lipinski definition) is 4. The average Bonchev–Trinajstić information content (AvgIpc) is 2.89. The zero-order chi connectivity index (χ0) is 24.2. The van der Waals surface area contributed by atoms with Crippen LogP contribution in [0.4, 0.5) is 0 Å². The maximum atomic E-state index is 13.2. The molecule has 5 aromatic rings. The van der Waals surface area contributed by atoms with Gasteiger partial charge in [0.1, 0.15) is 5.75 Å². The molecule has 0 atom stereocenters. The second kappa shape index (κ2) is 9.61. The van der Waals surface area contributed by atoms with Gasteiger partial charge < -0.3 is 4.74 Å². The van der Waals surface area contributed by atoms with Crippen molar-refractivity contribution in [3.05, 3.63) is 125 Å². The lowest BCUT2D eigenvalue weighted by molar-refractivity contribution is 0.0736. The maximum absolute atomic E-state index is 13.2. The van der Waals surface area contributed by atoms with Gasteiger partial charge in [0.25, 0.3) is 5.91 Å². The smallest absolute Gasteiger partial charge is 0.344 e. The normalized spacial score (nSPS) is 11.1. The zero-order valence-corrected chi connectivity index (χ0v) is 19.1. The molecule has 0 spiro atoms. The van der Waals surface area contributed by atoms with Gasteiger partial charge in [-0.3, -0.25) is 4.79 Å². The van der Waals surface area contributed by atoms with Gasteiger partial charge in [-0.05, 0) is 52.7 Å². The lowest BCUT2D eigenvalue weighted by Crippen LogP contribution is -2.17. The first-order valence-corrected chi connectivity index (χ1v) is 11.2. The van der Waals surface area contributed by atoms with Crippen LogP contribution in [0.3, 0.4) is 0 Å². The summed E-state index contributed by atoms with van der Waals surface area (Å²) in [6.07, 6.45) is 1.51. The summed E-state index contributed by atoms with van der Waals surface area (Å²) in [6.45, 7) is 1.96. The van der Waals surface area contributed by atoms with Crippen LogP contribution in [0.2, 0.25) is 0 Å². The Morgan fingerprint density at radius 1 is 0.743 bits per heavy atom. The minimum atomic E-state index is -0.463. The number of esters is 1. The number of hydrogen-bond donors (Lipinski definition) is 1. The fourth-order valence-electron chi connectivity index (χ4n) is 3.98. The summed E-state index contributed by atoms with van der Waals surface area (Å²) < 4.78 is 5.86. The highest BCUT2D eigenvalue weighted by atomic mass is 16.5. The van der Waals surface area contributed by atoms with Crippen molar-refractivity contribution in [2.24, 2.45) is 5.10 Å². The Hall–Kier alpha value is -4.77. The van der Waals surface area contributed by atoms with E-state index in [0.29, 0.717) is 22.4 Å². The molecule has 0 saturated carbocycles. The number of benzene rings is 5. The van der Waals surface area contributed by atoms with Crippen molar-refractivity contribution >= 4 is 39.6 Å². The number of hydrazone groups is 1. The summed E-state index contributed by atoms with van der Waals surface area (Å²) in [5, 5.41) is 7.76. The third-order valence-corrected chi connectivity index (χ3v) is 5.82. The predicted molar refractivity (Wildman–Crippen MR) is 139 cm³/mol. The van der Waals surface area contributed by atoms with Gasteiger partial charge in [-0.1, -0.05) is 84.4 Å². The zero-order valence-electron chi connectivity index (χ0n) is 19.1. The Morgan fingerprint density at radius 2 is 1.40 bits per heavy atom. The lowest BCUT2D eigenvalue weighted by atomic mass is 10.0. The Balaban J connectivity index is 1.47. The number of amides is 1. The van der Waals surface area contributed by atoms with Crippen molar-refractivity contribution in [2.45, 2.75) is 6.92 Å². The van der Waals surface area contributed by atoms with Crippen LogP contribution >= 0.6 is 0 Å². The van der Waals surface area contributed by atoms with Gasteiger partial charge in [-0.25, -0.2) is 10.2 Å². The third-order valence-electron chi connectivity index (χ3n) is 5.82. The van der Waals surface area contributed by atoms with E-state index in [2.05, 4.69) is 10.5 Å². The van der Waals surface area contributed by atoms with Crippen molar-refractivity contribution in [3.63, 3.8) is 0 Å². The second-order valence-electron chi connectivity index (χ2n) is 8.18. The average molecular weight is 459 g/mol. The van der Waals surface area contributed by atoms with E-state index in [1.54, 1.807) is 24.3 Å². The molecule has 0 unspecified atom stereocenters. The van der Waals surface area contributed by atoms with Crippen LogP contribution in [-0.2, 0) is 0 Å². The Morgan fingerprint density at radius 3 is 2.17 bits per heavy atom. The van der Waals surface area contributed by atoms with Gasteiger partial charge in [0.15, 0.2) is 0 Å². The lowest BCUT2D eigenvalue weighted by Gasteiger charge is -2.12. The van der Waals surface area contributed by atoms with E-state index in [9.17, 15) is 9.59 Å². The molecule has 0 aliphatic heterocycles. The highest BCUT2D eigenvalue weighted by molar-refractivity contribution is 6.07. The van der Waals surface area contributed by atoms with Crippen molar-refractivity contribution < 1.29 is 14.3 Å². The van der Waals surface area contributed by atoms with Gasteiger partial charge >= 0.3 is 5.97 Å². The highest BCUT2D eigenvalue weighted by Gasteiger charge is 2.16. The molecule has 5 nitrogen and oxygen atoms in total. The van der Waals surface area contributed by atoms with Crippen LogP contribution < -0.4 is 10.2 Å². The molecule has 35 heavy (non-hydrogen) atoms. The molecule has 0 fully saturated rings. The molecule has 0 aliphatic carbocycles. The molecule has 1 N–H and O–H groups in total. The molecule has 0 radical (unpaired) electrons. The van der Waals surface area contributed by atoms with Crippen molar-refractivity contribution in [2.75, 3.05) is 0 Å². The number of ether oxygens (including phenoxy) is 1. The highest BCUT2D eigenvalue weighted by Crippen LogP contribution is 2.28. The molecule has 1 amide bonds. The molecule has 0 aliphatic rings. The number of nitrogens with zero attached hydrogens (tertiary/aromatic N) is 1. The number of aryl methyl sites for hydroxylation is 1. The van der Waals surface area contributed by atoms with E-state index >= 15 is 0 Å². The van der Waals surface area contributed by atoms with Gasteiger partial charge in [-0.2, -0.15) is 5.10 Å². The SMILES string of the molecule is Cc1ccc(C(=O)N/N=C\c2c(OC(=O)c3cccc4ccccc34)ccc3ccccc23)cc1. The van der Waals surface area contributed by atoms with Crippen molar-refractivity contribution in [1.82, 2.24) is 5.43 Å². The van der Waals surface area contributed by atoms with E-state index in [1.165, 1.54) is 6.21 Å². The Kier molecular flexibility index (Phi) is 6.05. The topological polar surface area (TPSA) is 67.8 Å². The summed E-state index contributed by atoms with van der Waals surface area (Å²) in [5.41, 5.74) is 5.21. The maximum Gasteiger partial charge on any atom is 0.344 e. The van der Waals surface area contributed by atoms with E-state index in [-0.39, 0.29) is 5.91 Å². The van der Waals surface area contributed by atoms with Gasteiger partial charge in [0.05, 0.1) is 11.8 Å². The summed E-state index contributed by atoms with van der Waals surface area (Å²) >= 11 is 0. The van der Waals surface area contributed by atoms with Crippen LogP contribution in [-0.4, -0.2) is 18.1 Å². The number of nitrogens with one attached hydrogen (secondary N) is 1. The first kappa shape index (κ1) is 22.0. The molecule has 5 rings (SSSR count). The van der Waals surface area contributed by atoms with Gasteiger partial charge in [0, 0.05) is 11.1 Å². The largest absolute Gasteiger partial charge is 0.422 e. The third kappa shape index (κ3) is 4.66. The second-order valence-corrected chi connectivity index (χ2v) is 8.18. The molecule has 0 bridgehead atoms. The summed E-state index contributed by atoms with van der Waals surface area (Å²) in [5.74, 6) is -0.429.